The predicted octanol–water partition coefficient (Wildman–Crippen LogP) is 2.62. The smallest absolute Gasteiger partial charge is 0.137 e. The summed E-state index contributed by atoms with van der Waals surface area (Å²) in [4.78, 5) is 0. The Morgan fingerprint density at radius 1 is 1.07 bits per heavy atom. The van der Waals surface area contributed by atoms with Crippen LogP contribution in [0.5, 0.6) is 0 Å². The van der Waals surface area contributed by atoms with E-state index >= 15 is 0 Å². The topological polar surface area (TPSA) is 12.0 Å². The van der Waals surface area contributed by atoms with Crippen LogP contribution in [0.4, 0.5) is 4.39 Å². The van der Waals surface area contributed by atoms with E-state index in [1.54, 1.807) is 0 Å². The monoisotopic (exact) mass is 193 g/mol. The number of hydrogen-bond acceptors (Lipinski definition) is 1. The van der Waals surface area contributed by atoms with E-state index in [1.807, 2.05) is 30.3 Å². The molecular weight excluding hydrogens is 177 g/mol. The standard InChI is InChI=1S/C12H16FN/c13-12(7-4-9-14-10-8-12)11-5-2-1-3-6-11/h1-3,5-6,14H,4,7-10H2/t12-/m0/s1. The van der Waals surface area contributed by atoms with E-state index in [-0.39, 0.29) is 0 Å². The first-order chi connectivity index (χ1) is 6.81. The molecule has 0 aliphatic carbocycles. The Labute approximate surface area is 84.3 Å². The molecule has 2 heteroatoms. The van der Waals surface area contributed by atoms with E-state index in [4.69, 9.17) is 0 Å². The van der Waals surface area contributed by atoms with Gasteiger partial charge in [0.15, 0.2) is 0 Å². The molecular formula is C12H16FN. The number of rotatable bonds is 1. The zero-order valence-corrected chi connectivity index (χ0v) is 8.30. The van der Waals surface area contributed by atoms with Crippen molar-refractivity contribution in [2.45, 2.75) is 24.9 Å². The molecule has 0 spiro atoms. The fourth-order valence-electron chi connectivity index (χ4n) is 2.06. The maximum atomic E-state index is 14.5. The van der Waals surface area contributed by atoms with E-state index < -0.39 is 5.67 Å². The van der Waals surface area contributed by atoms with Crippen LogP contribution in [-0.2, 0) is 5.67 Å². The Hall–Kier alpha value is -0.890. The molecule has 0 bridgehead atoms. The largest absolute Gasteiger partial charge is 0.317 e. The van der Waals surface area contributed by atoms with Crippen LogP contribution in [0, 0.1) is 0 Å². The van der Waals surface area contributed by atoms with Gasteiger partial charge in [0.05, 0.1) is 0 Å². The zero-order chi connectivity index (χ0) is 9.86. The third kappa shape index (κ3) is 1.95. The van der Waals surface area contributed by atoms with Crippen LogP contribution >= 0.6 is 0 Å². The maximum absolute atomic E-state index is 14.5. The fourth-order valence-corrected chi connectivity index (χ4v) is 2.06. The first-order valence-electron chi connectivity index (χ1n) is 5.26. The molecule has 1 atom stereocenters. The molecule has 1 saturated heterocycles. The Morgan fingerprint density at radius 2 is 1.86 bits per heavy atom. The maximum Gasteiger partial charge on any atom is 0.137 e. The molecule has 0 unspecified atom stereocenters. The van der Waals surface area contributed by atoms with Crippen molar-refractivity contribution in [3.8, 4) is 0 Å². The van der Waals surface area contributed by atoms with Gasteiger partial charge in [0.2, 0.25) is 0 Å². The molecule has 76 valence electrons. The molecule has 14 heavy (non-hydrogen) atoms. The Balaban J connectivity index is 2.21. The zero-order valence-electron chi connectivity index (χ0n) is 8.30. The van der Waals surface area contributed by atoms with E-state index in [9.17, 15) is 4.39 Å². The number of benzene rings is 1. The summed E-state index contributed by atoms with van der Waals surface area (Å²) in [6.07, 6.45) is 2.16. The van der Waals surface area contributed by atoms with Gasteiger partial charge in [-0.2, -0.15) is 0 Å². The lowest BCUT2D eigenvalue weighted by molar-refractivity contribution is 0.145. The fraction of sp³-hybridized carbons (Fsp3) is 0.500. The van der Waals surface area contributed by atoms with Crippen molar-refractivity contribution >= 4 is 0 Å². The van der Waals surface area contributed by atoms with Gasteiger partial charge in [-0.25, -0.2) is 4.39 Å². The summed E-state index contributed by atoms with van der Waals surface area (Å²) >= 11 is 0. The molecule has 1 aliphatic rings. The van der Waals surface area contributed by atoms with Crippen molar-refractivity contribution in [3.05, 3.63) is 35.9 Å². The summed E-state index contributed by atoms with van der Waals surface area (Å²) in [7, 11) is 0. The minimum Gasteiger partial charge on any atom is -0.317 e. The highest BCUT2D eigenvalue weighted by atomic mass is 19.1. The van der Waals surface area contributed by atoms with Gasteiger partial charge in [-0.1, -0.05) is 30.3 Å². The van der Waals surface area contributed by atoms with Crippen molar-refractivity contribution in [2.24, 2.45) is 0 Å². The van der Waals surface area contributed by atoms with Gasteiger partial charge in [-0.05, 0) is 37.9 Å². The number of halogens is 1. The third-order valence-corrected chi connectivity index (χ3v) is 2.92. The normalized spacial score (nSPS) is 28.4. The molecule has 0 saturated carbocycles. The molecule has 0 radical (unpaired) electrons. The van der Waals surface area contributed by atoms with Crippen molar-refractivity contribution in [1.29, 1.82) is 0 Å². The van der Waals surface area contributed by atoms with Crippen LogP contribution in [0.15, 0.2) is 30.3 Å². The van der Waals surface area contributed by atoms with Gasteiger partial charge in [-0.3, -0.25) is 0 Å². The number of hydrogen-bond donors (Lipinski definition) is 1. The van der Waals surface area contributed by atoms with Crippen molar-refractivity contribution < 1.29 is 4.39 Å². The Morgan fingerprint density at radius 3 is 2.64 bits per heavy atom. The molecule has 1 aromatic carbocycles. The van der Waals surface area contributed by atoms with Crippen LogP contribution < -0.4 is 5.32 Å². The van der Waals surface area contributed by atoms with Crippen LogP contribution in [0.2, 0.25) is 0 Å². The number of nitrogens with one attached hydrogen (secondary N) is 1. The molecule has 1 aromatic rings. The van der Waals surface area contributed by atoms with Crippen molar-refractivity contribution in [2.75, 3.05) is 13.1 Å². The minimum absolute atomic E-state index is 0.594. The van der Waals surface area contributed by atoms with Crippen molar-refractivity contribution in [3.63, 3.8) is 0 Å². The highest BCUT2D eigenvalue weighted by molar-refractivity contribution is 5.22. The quantitative estimate of drug-likeness (QED) is 0.723. The second-order valence-electron chi connectivity index (χ2n) is 3.93. The average Bonchev–Trinajstić information content (AvgIpc) is 2.46. The summed E-state index contributed by atoms with van der Waals surface area (Å²) in [5, 5.41) is 3.23. The molecule has 1 fully saturated rings. The summed E-state index contributed by atoms with van der Waals surface area (Å²) in [6, 6.07) is 9.54. The molecule has 0 aromatic heterocycles. The second kappa shape index (κ2) is 4.09. The molecule has 2 rings (SSSR count). The third-order valence-electron chi connectivity index (χ3n) is 2.92. The van der Waals surface area contributed by atoms with E-state index in [1.165, 1.54) is 0 Å². The summed E-state index contributed by atoms with van der Waals surface area (Å²) in [5.74, 6) is 0. The molecule has 1 nitrogen and oxygen atoms in total. The van der Waals surface area contributed by atoms with Gasteiger partial charge in [0.1, 0.15) is 5.67 Å². The molecule has 1 heterocycles. The lowest BCUT2D eigenvalue weighted by Gasteiger charge is -2.23. The lowest BCUT2D eigenvalue weighted by atomic mass is 9.89. The Kier molecular flexibility index (Phi) is 2.82. The highest BCUT2D eigenvalue weighted by Gasteiger charge is 2.31. The summed E-state index contributed by atoms with van der Waals surface area (Å²) in [5.41, 5.74) is -0.270. The molecule has 1 N–H and O–H groups in total. The van der Waals surface area contributed by atoms with Crippen LogP contribution in [0.1, 0.15) is 24.8 Å². The van der Waals surface area contributed by atoms with Gasteiger partial charge < -0.3 is 5.32 Å². The SMILES string of the molecule is F[C@@]1(c2ccccc2)CCCNCC1. The van der Waals surface area contributed by atoms with Crippen LogP contribution in [0.25, 0.3) is 0 Å². The number of alkyl halides is 1. The second-order valence-corrected chi connectivity index (χ2v) is 3.93. The van der Waals surface area contributed by atoms with Crippen molar-refractivity contribution in [1.82, 2.24) is 5.32 Å². The molecule has 0 amide bonds. The first-order valence-corrected chi connectivity index (χ1v) is 5.26. The average molecular weight is 193 g/mol. The van der Waals surface area contributed by atoms with Gasteiger partial charge in [0, 0.05) is 0 Å². The van der Waals surface area contributed by atoms with E-state index in [0.29, 0.717) is 12.8 Å². The minimum atomic E-state index is -1.11. The molecule has 1 aliphatic heterocycles. The van der Waals surface area contributed by atoms with Crippen LogP contribution in [-0.4, -0.2) is 13.1 Å². The highest BCUT2D eigenvalue weighted by Crippen LogP contribution is 2.35. The first kappa shape index (κ1) is 9.66. The Bertz CT molecular complexity index is 276. The van der Waals surface area contributed by atoms with E-state index in [2.05, 4.69) is 5.32 Å². The van der Waals surface area contributed by atoms with E-state index in [0.717, 1.165) is 25.1 Å². The lowest BCUT2D eigenvalue weighted by Crippen LogP contribution is -2.22. The van der Waals surface area contributed by atoms with Crippen LogP contribution in [0.3, 0.4) is 0 Å². The summed E-state index contributed by atoms with van der Waals surface area (Å²) < 4.78 is 14.5. The van der Waals surface area contributed by atoms with Gasteiger partial charge >= 0.3 is 0 Å². The summed E-state index contributed by atoms with van der Waals surface area (Å²) in [6.45, 7) is 1.73. The van der Waals surface area contributed by atoms with Gasteiger partial charge in [0.25, 0.3) is 0 Å². The van der Waals surface area contributed by atoms with Gasteiger partial charge in [-0.15, -0.1) is 0 Å². The predicted molar refractivity (Wildman–Crippen MR) is 55.9 cm³/mol.